The summed E-state index contributed by atoms with van der Waals surface area (Å²) in [6.07, 6.45) is 3.74. The van der Waals surface area contributed by atoms with Crippen LogP contribution < -0.4 is 4.72 Å². The predicted molar refractivity (Wildman–Crippen MR) is 86.7 cm³/mol. The van der Waals surface area contributed by atoms with E-state index in [1.54, 1.807) is 0 Å². The molecule has 0 spiro atoms. The third-order valence-electron chi connectivity index (χ3n) is 4.05. The van der Waals surface area contributed by atoms with Crippen LogP contribution in [0.3, 0.4) is 0 Å². The molecule has 0 amide bonds. The molecule has 2 rings (SSSR count). The molecule has 1 unspecified atom stereocenters. The lowest BCUT2D eigenvalue weighted by molar-refractivity contribution is 0.175. The third kappa shape index (κ3) is 5.41. The summed E-state index contributed by atoms with van der Waals surface area (Å²) in [5, 5.41) is 0. The highest BCUT2D eigenvalue weighted by molar-refractivity contribution is 7.88. The monoisotopic (exact) mass is 310 g/mol. The average Bonchev–Trinajstić information content (AvgIpc) is 2.45. The van der Waals surface area contributed by atoms with E-state index in [-0.39, 0.29) is 11.8 Å². The van der Waals surface area contributed by atoms with Crippen molar-refractivity contribution in [3.8, 4) is 0 Å². The van der Waals surface area contributed by atoms with Crippen molar-refractivity contribution in [2.75, 3.05) is 19.6 Å². The first-order chi connectivity index (χ1) is 9.96. The van der Waals surface area contributed by atoms with Gasteiger partial charge in [-0.05, 0) is 45.3 Å². The maximum atomic E-state index is 12.2. The van der Waals surface area contributed by atoms with Crippen LogP contribution in [-0.4, -0.2) is 39.0 Å². The number of hydrogen-bond acceptors (Lipinski definition) is 3. The number of nitrogens with zero attached hydrogens (tertiary/aromatic N) is 1. The Morgan fingerprint density at radius 3 is 2.62 bits per heavy atom. The van der Waals surface area contributed by atoms with Gasteiger partial charge in [0.2, 0.25) is 10.0 Å². The molecule has 0 bridgehead atoms. The zero-order chi connectivity index (χ0) is 15.3. The highest BCUT2D eigenvalue weighted by Gasteiger charge is 2.19. The first-order valence-corrected chi connectivity index (χ1v) is 9.38. The molecule has 0 aliphatic carbocycles. The molecule has 0 radical (unpaired) electrons. The SMILES string of the molecule is Cc1cccc(CS(=O)(=O)NCC(C)N2CCCCC2)c1. The maximum Gasteiger partial charge on any atom is 0.215 e. The molecule has 1 aromatic carbocycles. The predicted octanol–water partition coefficient (Wildman–Crippen LogP) is 2.29. The fourth-order valence-corrected chi connectivity index (χ4v) is 4.02. The van der Waals surface area contributed by atoms with Crippen LogP contribution in [0, 0.1) is 6.92 Å². The Hall–Kier alpha value is -0.910. The van der Waals surface area contributed by atoms with Gasteiger partial charge in [0.25, 0.3) is 0 Å². The first-order valence-electron chi connectivity index (χ1n) is 7.73. The second kappa shape index (κ2) is 7.38. The number of rotatable bonds is 6. The van der Waals surface area contributed by atoms with Crippen molar-refractivity contribution in [3.05, 3.63) is 35.4 Å². The van der Waals surface area contributed by atoms with E-state index in [4.69, 9.17) is 0 Å². The van der Waals surface area contributed by atoms with Crippen molar-refractivity contribution >= 4 is 10.0 Å². The maximum absolute atomic E-state index is 12.2. The van der Waals surface area contributed by atoms with Gasteiger partial charge in [-0.2, -0.15) is 0 Å². The zero-order valence-electron chi connectivity index (χ0n) is 13.0. The van der Waals surface area contributed by atoms with E-state index in [0.717, 1.165) is 24.2 Å². The van der Waals surface area contributed by atoms with Gasteiger partial charge < -0.3 is 0 Å². The molecular weight excluding hydrogens is 284 g/mol. The lowest BCUT2D eigenvalue weighted by Crippen LogP contribution is -2.44. The van der Waals surface area contributed by atoms with E-state index in [1.807, 2.05) is 31.2 Å². The summed E-state index contributed by atoms with van der Waals surface area (Å²) in [5.74, 6) is 0.0569. The smallest absolute Gasteiger partial charge is 0.215 e. The van der Waals surface area contributed by atoms with Gasteiger partial charge in [-0.25, -0.2) is 13.1 Å². The van der Waals surface area contributed by atoms with Gasteiger partial charge in [0.1, 0.15) is 0 Å². The van der Waals surface area contributed by atoms with Crippen LogP contribution in [0.1, 0.15) is 37.3 Å². The first kappa shape index (κ1) is 16.5. The molecule has 1 heterocycles. The molecule has 0 saturated carbocycles. The van der Waals surface area contributed by atoms with Gasteiger partial charge in [-0.3, -0.25) is 4.90 Å². The van der Waals surface area contributed by atoms with Gasteiger partial charge in [0.15, 0.2) is 0 Å². The molecular formula is C16H26N2O2S. The van der Waals surface area contributed by atoms with Gasteiger partial charge in [0, 0.05) is 12.6 Å². The third-order valence-corrected chi connectivity index (χ3v) is 5.37. The van der Waals surface area contributed by atoms with E-state index in [2.05, 4.69) is 16.5 Å². The minimum Gasteiger partial charge on any atom is -0.299 e. The molecule has 1 saturated heterocycles. The Balaban J connectivity index is 1.86. The zero-order valence-corrected chi connectivity index (χ0v) is 13.8. The molecule has 0 aromatic heterocycles. The molecule has 21 heavy (non-hydrogen) atoms. The summed E-state index contributed by atoms with van der Waals surface area (Å²) in [4.78, 5) is 2.37. The topological polar surface area (TPSA) is 49.4 Å². The highest BCUT2D eigenvalue weighted by atomic mass is 32.2. The number of hydrogen-bond donors (Lipinski definition) is 1. The molecule has 1 aromatic rings. The number of nitrogens with one attached hydrogen (secondary N) is 1. The summed E-state index contributed by atoms with van der Waals surface area (Å²) in [6, 6.07) is 7.92. The number of aryl methyl sites for hydroxylation is 1. The molecule has 1 aliphatic rings. The van der Waals surface area contributed by atoms with Gasteiger partial charge in [-0.1, -0.05) is 36.2 Å². The minimum absolute atomic E-state index is 0.0569. The summed E-state index contributed by atoms with van der Waals surface area (Å²) in [7, 11) is -3.26. The van der Waals surface area contributed by atoms with Crippen LogP contribution in [-0.2, 0) is 15.8 Å². The van der Waals surface area contributed by atoms with Gasteiger partial charge in [-0.15, -0.1) is 0 Å². The van der Waals surface area contributed by atoms with E-state index in [1.165, 1.54) is 19.3 Å². The molecule has 1 atom stereocenters. The number of likely N-dealkylation sites (tertiary alicyclic amines) is 1. The fourth-order valence-electron chi connectivity index (χ4n) is 2.81. The molecule has 118 valence electrons. The van der Waals surface area contributed by atoms with Crippen LogP contribution in [0.2, 0.25) is 0 Å². The second-order valence-electron chi connectivity index (χ2n) is 6.04. The normalized spacial score (nSPS) is 18.6. The van der Waals surface area contributed by atoms with Crippen LogP contribution in [0.15, 0.2) is 24.3 Å². The van der Waals surface area contributed by atoms with Gasteiger partial charge >= 0.3 is 0 Å². The van der Waals surface area contributed by atoms with Crippen LogP contribution >= 0.6 is 0 Å². The lowest BCUT2D eigenvalue weighted by Gasteiger charge is -2.32. The minimum atomic E-state index is -3.26. The number of sulfonamides is 1. The van der Waals surface area contributed by atoms with E-state index in [9.17, 15) is 8.42 Å². The average molecular weight is 310 g/mol. The van der Waals surface area contributed by atoms with E-state index in [0.29, 0.717) is 6.54 Å². The van der Waals surface area contributed by atoms with Crippen LogP contribution in [0.4, 0.5) is 0 Å². The molecule has 5 heteroatoms. The van der Waals surface area contributed by atoms with Crippen molar-refractivity contribution in [1.82, 2.24) is 9.62 Å². The summed E-state index contributed by atoms with van der Waals surface area (Å²) in [6.45, 7) is 6.73. The Labute approximate surface area is 128 Å². The molecule has 4 nitrogen and oxygen atoms in total. The fraction of sp³-hybridized carbons (Fsp3) is 0.625. The summed E-state index contributed by atoms with van der Waals surface area (Å²) < 4.78 is 27.1. The van der Waals surface area contributed by atoms with Crippen molar-refractivity contribution in [3.63, 3.8) is 0 Å². The van der Waals surface area contributed by atoms with Crippen molar-refractivity contribution < 1.29 is 8.42 Å². The lowest BCUT2D eigenvalue weighted by atomic mass is 10.1. The second-order valence-corrected chi connectivity index (χ2v) is 7.85. The highest BCUT2D eigenvalue weighted by Crippen LogP contribution is 2.12. The van der Waals surface area contributed by atoms with Crippen molar-refractivity contribution in [2.24, 2.45) is 0 Å². The van der Waals surface area contributed by atoms with Crippen molar-refractivity contribution in [2.45, 2.75) is 44.9 Å². The van der Waals surface area contributed by atoms with E-state index >= 15 is 0 Å². The molecule has 1 N–H and O–H groups in total. The Kier molecular flexibility index (Phi) is 5.79. The number of benzene rings is 1. The van der Waals surface area contributed by atoms with Gasteiger partial charge in [0.05, 0.1) is 5.75 Å². The molecule has 1 aliphatic heterocycles. The summed E-state index contributed by atoms with van der Waals surface area (Å²) >= 11 is 0. The van der Waals surface area contributed by atoms with Crippen molar-refractivity contribution in [1.29, 1.82) is 0 Å². The summed E-state index contributed by atoms with van der Waals surface area (Å²) in [5.41, 5.74) is 1.93. The number of piperidine rings is 1. The Morgan fingerprint density at radius 2 is 1.95 bits per heavy atom. The standard InChI is InChI=1S/C16H26N2O2S/c1-14-7-6-8-16(11-14)13-21(19,20)17-12-15(2)18-9-4-3-5-10-18/h6-8,11,15,17H,3-5,9-10,12-13H2,1-2H3. The van der Waals surface area contributed by atoms with Crippen LogP contribution in [0.25, 0.3) is 0 Å². The quantitative estimate of drug-likeness (QED) is 0.877. The van der Waals surface area contributed by atoms with Crippen LogP contribution in [0.5, 0.6) is 0 Å². The largest absolute Gasteiger partial charge is 0.299 e. The molecule has 1 fully saturated rings. The Bertz CT molecular complexity index is 551. The van der Waals surface area contributed by atoms with E-state index < -0.39 is 10.0 Å². The Morgan fingerprint density at radius 1 is 1.24 bits per heavy atom.